The number of esters is 1. The fraction of sp³-hybridized carbons (Fsp3) is 0.846. The molecular weight excluding hydrogens is 218 g/mol. The molecule has 17 heavy (non-hydrogen) atoms. The average Bonchev–Trinajstić information content (AvgIpc) is 2.61. The lowest BCUT2D eigenvalue weighted by molar-refractivity contribution is -0.144. The van der Waals surface area contributed by atoms with E-state index in [1.807, 2.05) is 0 Å². The second-order valence-electron chi connectivity index (χ2n) is 5.74. The first kappa shape index (κ1) is 12.4. The van der Waals surface area contributed by atoms with Crippen molar-refractivity contribution in [3.63, 3.8) is 0 Å². The van der Waals surface area contributed by atoms with Gasteiger partial charge in [0.15, 0.2) is 0 Å². The molecule has 2 aliphatic carbocycles. The Kier molecular flexibility index (Phi) is 2.92. The molecule has 0 aromatic carbocycles. The largest absolute Gasteiger partial charge is 0.465 e. The van der Waals surface area contributed by atoms with E-state index in [-0.39, 0.29) is 16.8 Å². The van der Waals surface area contributed by atoms with E-state index < -0.39 is 0 Å². The lowest BCUT2D eigenvalue weighted by atomic mass is 9.69. The SMILES string of the molecule is CO/N=C1/C[C@@H]2CC[C@@]1(COC(C)=O)C2(C)C. The summed E-state index contributed by atoms with van der Waals surface area (Å²) >= 11 is 0. The Morgan fingerprint density at radius 3 is 2.76 bits per heavy atom. The van der Waals surface area contributed by atoms with Crippen molar-refractivity contribution in [1.29, 1.82) is 0 Å². The molecular formula is C13H21NO3. The first-order valence-electron chi connectivity index (χ1n) is 6.18. The second kappa shape index (κ2) is 4.00. The number of nitrogens with zero attached hydrogens (tertiary/aromatic N) is 1. The number of rotatable bonds is 3. The predicted octanol–water partition coefficient (Wildman–Crippen LogP) is 2.38. The van der Waals surface area contributed by atoms with Crippen molar-refractivity contribution < 1.29 is 14.4 Å². The Bertz CT molecular complexity index is 362. The Labute approximate surface area is 102 Å². The summed E-state index contributed by atoms with van der Waals surface area (Å²) in [5.74, 6) is 0.411. The van der Waals surface area contributed by atoms with Crippen LogP contribution in [0.1, 0.15) is 40.0 Å². The molecule has 0 N–H and O–H groups in total. The third kappa shape index (κ3) is 1.65. The van der Waals surface area contributed by atoms with Gasteiger partial charge in [-0.25, -0.2) is 0 Å². The standard InChI is InChI=1S/C13H21NO3/c1-9(15)17-8-13-6-5-10(12(13,2)3)7-11(13)14-16-4/h10H,5-8H2,1-4H3/b14-11-/t10-,13-/m0/s1. The molecule has 0 aromatic rings. The molecule has 4 heteroatoms. The first-order chi connectivity index (χ1) is 7.94. The van der Waals surface area contributed by atoms with Gasteiger partial charge in [-0.3, -0.25) is 4.79 Å². The molecule has 4 nitrogen and oxygen atoms in total. The molecule has 2 rings (SSSR count). The fourth-order valence-electron chi connectivity index (χ4n) is 3.60. The zero-order valence-corrected chi connectivity index (χ0v) is 11.1. The van der Waals surface area contributed by atoms with Gasteiger partial charge in [-0.2, -0.15) is 0 Å². The molecule has 2 bridgehead atoms. The quantitative estimate of drug-likeness (QED) is 0.561. The zero-order valence-electron chi connectivity index (χ0n) is 11.1. The Morgan fingerprint density at radius 2 is 2.24 bits per heavy atom. The molecule has 0 saturated heterocycles. The van der Waals surface area contributed by atoms with E-state index in [1.165, 1.54) is 13.3 Å². The molecule has 2 atom stereocenters. The fourth-order valence-corrected chi connectivity index (χ4v) is 3.60. The van der Waals surface area contributed by atoms with Crippen LogP contribution in [0.4, 0.5) is 0 Å². The van der Waals surface area contributed by atoms with Crippen LogP contribution in [0.3, 0.4) is 0 Å². The van der Waals surface area contributed by atoms with Gasteiger partial charge in [0.05, 0.1) is 11.1 Å². The summed E-state index contributed by atoms with van der Waals surface area (Å²) < 4.78 is 5.28. The van der Waals surface area contributed by atoms with Gasteiger partial charge in [-0.15, -0.1) is 0 Å². The second-order valence-corrected chi connectivity index (χ2v) is 5.74. The minimum Gasteiger partial charge on any atom is -0.465 e. The summed E-state index contributed by atoms with van der Waals surface area (Å²) in [5.41, 5.74) is 1.10. The Balaban J connectivity index is 2.30. The maximum absolute atomic E-state index is 11.1. The molecule has 2 aliphatic rings. The van der Waals surface area contributed by atoms with E-state index in [9.17, 15) is 4.79 Å². The molecule has 0 heterocycles. The number of carbonyl (C=O) groups excluding carboxylic acids is 1. The van der Waals surface area contributed by atoms with Crippen molar-refractivity contribution in [2.24, 2.45) is 21.9 Å². The predicted molar refractivity (Wildman–Crippen MR) is 64.6 cm³/mol. The summed E-state index contributed by atoms with van der Waals surface area (Å²) in [4.78, 5) is 16.0. The Morgan fingerprint density at radius 1 is 1.53 bits per heavy atom. The van der Waals surface area contributed by atoms with Crippen molar-refractivity contribution in [1.82, 2.24) is 0 Å². The average molecular weight is 239 g/mol. The maximum Gasteiger partial charge on any atom is 0.302 e. The topological polar surface area (TPSA) is 47.9 Å². The van der Waals surface area contributed by atoms with E-state index in [2.05, 4.69) is 19.0 Å². The number of ether oxygens (including phenoxy) is 1. The van der Waals surface area contributed by atoms with Gasteiger partial charge in [-0.1, -0.05) is 19.0 Å². The van der Waals surface area contributed by atoms with Crippen LogP contribution in [0.2, 0.25) is 0 Å². The smallest absolute Gasteiger partial charge is 0.302 e. The van der Waals surface area contributed by atoms with Crippen molar-refractivity contribution in [3.8, 4) is 0 Å². The first-order valence-corrected chi connectivity index (χ1v) is 6.18. The van der Waals surface area contributed by atoms with E-state index in [4.69, 9.17) is 9.57 Å². The lowest BCUT2D eigenvalue weighted by Gasteiger charge is -2.37. The van der Waals surface area contributed by atoms with Crippen LogP contribution in [0, 0.1) is 16.7 Å². The van der Waals surface area contributed by atoms with Crippen LogP contribution in [0.15, 0.2) is 5.16 Å². The highest BCUT2D eigenvalue weighted by Crippen LogP contribution is 2.64. The summed E-state index contributed by atoms with van der Waals surface area (Å²) in [6, 6.07) is 0. The van der Waals surface area contributed by atoms with Crippen molar-refractivity contribution in [2.75, 3.05) is 13.7 Å². The molecule has 0 aromatic heterocycles. The van der Waals surface area contributed by atoms with Crippen LogP contribution in [-0.4, -0.2) is 25.4 Å². The molecule has 0 unspecified atom stereocenters. The van der Waals surface area contributed by atoms with Crippen LogP contribution in [0.25, 0.3) is 0 Å². The normalized spacial score (nSPS) is 36.2. The summed E-state index contributed by atoms with van der Waals surface area (Å²) in [7, 11) is 1.57. The summed E-state index contributed by atoms with van der Waals surface area (Å²) in [5, 5.41) is 4.18. The number of hydrogen-bond donors (Lipinski definition) is 0. The lowest BCUT2D eigenvalue weighted by Crippen LogP contribution is -2.41. The third-order valence-corrected chi connectivity index (χ3v) is 4.89. The highest BCUT2D eigenvalue weighted by molar-refractivity contribution is 5.94. The van der Waals surface area contributed by atoms with E-state index in [0.717, 1.165) is 18.6 Å². The highest BCUT2D eigenvalue weighted by Gasteiger charge is 2.63. The minimum absolute atomic E-state index is 0.112. The molecule has 96 valence electrons. The van der Waals surface area contributed by atoms with Crippen LogP contribution >= 0.6 is 0 Å². The maximum atomic E-state index is 11.1. The molecule has 0 aliphatic heterocycles. The molecule has 2 fully saturated rings. The van der Waals surface area contributed by atoms with Gasteiger partial charge in [-0.05, 0) is 30.6 Å². The number of fused-ring (bicyclic) bond motifs is 2. The molecule has 2 saturated carbocycles. The van der Waals surface area contributed by atoms with E-state index >= 15 is 0 Å². The molecule has 0 spiro atoms. The summed E-state index contributed by atoms with van der Waals surface area (Å²) in [6.45, 7) is 6.41. The van der Waals surface area contributed by atoms with Gasteiger partial charge >= 0.3 is 5.97 Å². The zero-order chi connectivity index (χ0) is 12.7. The van der Waals surface area contributed by atoms with Crippen molar-refractivity contribution >= 4 is 11.7 Å². The summed E-state index contributed by atoms with van der Waals surface area (Å²) in [6.07, 6.45) is 3.21. The van der Waals surface area contributed by atoms with Gasteiger partial charge in [0.2, 0.25) is 0 Å². The van der Waals surface area contributed by atoms with Crippen LogP contribution in [0.5, 0.6) is 0 Å². The van der Waals surface area contributed by atoms with E-state index in [1.54, 1.807) is 7.11 Å². The van der Waals surface area contributed by atoms with Crippen molar-refractivity contribution in [3.05, 3.63) is 0 Å². The van der Waals surface area contributed by atoms with Gasteiger partial charge in [0, 0.05) is 6.92 Å². The van der Waals surface area contributed by atoms with Gasteiger partial charge in [0.25, 0.3) is 0 Å². The van der Waals surface area contributed by atoms with Crippen LogP contribution in [-0.2, 0) is 14.4 Å². The molecule has 0 amide bonds. The third-order valence-electron chi connectivity index (χ3n) is 4.89. The van der Waals surface area contributed by atoms with Crippen molar-refractivity contribution in [2.45, 2.75) is 40.0 Å². The van der Waals surface area contributed by atoms with Crippen LogP contribution < -0.4 is 0 Å². The molecule has 0 radical (unpaired) electrons. The highest BCUT2D eigenvalue weighted by atomic mass is 16.6. The van der Waals surface area contributed by atoms with Gasteiger partial charge < -0.3 is 9.57 Å². The van der Waals surface area contributed by atoms with Gasteiger partial charge in [0.1, 0.15) is 13.7 Å². The number of hydrogen-bond acceptors (Lipinski definition) is 4. The Hall–Kier alpha value is -1.06. The number of carbonyl (C=O) groups is 1. The number of oxime groups is 1. The monoisotopic (exact) mass is 239 g/mol. The minimum atomic E-state index is -0.220. The van der Waals surface area contributed by atoms with E-state index in [0.29, 0.717) is 12.5 Å².